The average molecular weight is 300 g/mol. The lowest BCUT2D eigenvalue weighted by atomic mass is 9.79. The van der Waals surface area contributed by atoms with E-state index in [0.717, 1.165) is 10.4 Å². The van der Waals surface area contributed by atoms with Crippen LogP contribution in [0.1, 0.15) is 37.2 Å². The Labute approximate surface area is 111 Å². The number of allylic oxidation sites excluding steroid dienone is 1. The highest BCUT2D eigenvalue weighted by atomic mass is 79.9. The Morgan fingerprint density at radius 3 is 2.25 bits per heavy atom. The highest BCUT2D eigenvalue weighted by Crippen LogP contribution is 2.36. The van der Waals surface area contributed by atoms with Crippen LogP contribution in [0.15, 0.2) is 40.3 Å². The van der Waals surface area contributed by atoms with E-state index in [1.54, 1.807) is 5.54 Å². The second-order valence-corrected chi connectivity index (χ2v) is 5.65. The van der Waals surface area contributed by atoms with Gasteiger partial charge in [-0.25, -0.2) is 0 Å². The molecule has 0 N–H and O–H groups in total. The first-order valence-electron chi connectivity index (χ1n) is 5.82. The zero-order valence-electron chi connectivity index (χ0n) is 9.20. The van der Waals surface area contributed by atoms with Crippen LogP contribution in [0.3, 0.4) is 0 Å². The van der Waals surface area contributed by atoms with Crippen LogP contribution >= 0.6 is 27.5 Å². The van der Waals surface area contributed by atoms with E-state index in [-0.39, 0.29) is 0 Å². The summed E-state index contributed by atoms with van der Waals surface area (Å²) in [5.41, 5.74) is 3.15. The molecule has 86 valence electrons. The van der Waals surface area contributed by atoms with Crippen molar-refractivity contribution in [1.29, 1.82) is 0 Å². The summed E-state index contributed by atoms with van der Waals surface area (Å²) < 4.78 is 1.16. The van der Waals surface area contributed by atoms with Gasteiger partial charge in [0.2, 0.25) is 0 Å². The minimum Gasteiger partial charge on any atom is -0.0933 e. The van der Waals surface area contributed by atoms with E-state index in [0.29, 0.717) is 5.92 Å². The van der Waals surface area contributed by atoms with Gasteiger partial charge >= 0.3 is 0 Å². The summed E-state index contributed by atoms with van der Waals surface area (Å²) in [7, 11) is 0. The second-order valence-electron chi connectivity index (χ2n) is 4.48. The smallest absolute Gasteiger partial charge is 0.0175 e. The SMILES string of the molecule is Cl/C=C/[C@H]1CC[C@H](c2ccc(Br)cc2)CC1. The molecule has 2 heteroatoms. The van der Waals surface area contributed by atoms with Crippen LogP contribution in [0.2, 0.25) is 0 Å². The van der Waals surface area contributed by atoms with Crippen molar-refractivity contribution in [1.82, 2.24) is 0 Å². The van der Waals surface area contributed by atoms with Crippen molar-refractivity contribution in [2.24, 2.45) is 5.92 Å². The van der Waals surface area contributed by atoms with E-state index in [4.69, 9.17) is 11.6 Å². The van der Waals surface area contributed by atoms with Crippen LogP contribution in [-0.4, -0.2) is 0 Å². The van der Waals surface area contributed by atoms with Crippen LogP contribution in [0.5, 0.6) is 0 Å². The summed E-state index contributed by atoms with van der Waals surface area (Å²) in [4.78, 5) is 0. The molecule has 1 aliphatic rings. The normalized spacial score (nSPS) is 26.1. The molecule has 0 heterocycles. The van der Waals surface area contributed by atoms with Crippen LogP contribution < -0.4 is 0 Å². The minimum atomic E-state index is 0.698. The van der Waals surface area contributed by atoms with Crippen molar-refractivity contribution in [2.45, 2.75) is 31.6 Å². The number of benzene rings is 1. The number of halogens is 2. The van der Waals surface area contributed by atoms with Gasteiger partial charge in [0, 0.05) is 10.0 Å². The standard InChI is InChI=1S/C14H16BrCl/c15-14-7-5-13(6-8-14)12-3-1-11(2-4-12)9-10-16/h5-12H,1-4H2/b10-9+/t11-,12-. The third kappa shape index (κ3) is 3.11. The van der Waals surface area contributed by atoms with Gasteiger partial charge in [-0.1, -0.05) is 45.7 Å². The van der Waals surface area contributed by atoms with Crippen molar-refractivity contribution in [3.05, 3.63) is 45.9 Å². The molecule has 0 bridgehead atoms. The fourth-order valence-electron chi connectivity index (χ4n) is 2.48. The molecule has 0 aliphatic heterocycles. The third-order valence-corrected chi connectivity index (χ3v) is 4.13. The summed E-state index contributed by atoms with van der Waals surface area (Å²) in [6.45, 7) is 0. The molecule has 1 aromatic carbocycles. The summed E-state index contributed by atoms with van der Waals surface area (Å²) in [5.74, 6) is 1.44. The highest BCUT2D eigenvalue weighted by Gasteiger charge is 2.20. The average Bonchev–Trinajstić information content (AvgIpc) is 2.32. The predicted molar refractivity (Wildman–Crippen MR) is 73.8 cm³/mol. The molecule has 0 nitrogen and oxygen atoms in total. The zero-order chi connectivity index (χ0) is 11.4. The van der Waals surface area contributed by atoms with Gasteiger partial charge in [0.25, 0.3) is 0 Å². The minimum absolute atomic E-state index is 0.698. The van der Waals surface area contributed by atoms with E-state index >= 15 is 0 Å². The molecule has 0 atom stereocenters. The van der Waals surface area contributed by atoms with Crippen molar-refractivity contribution >= 4 is 27.5 Å². The fraction of sp³-hybridized carbons (Fsp3) is 0.429. The number of hydrogen-bond acceptors (Lipinski definition) is 0. The second kappa shape index (κ2) is 5.88. The molecule has 1 aliphatic carbocycles. The molecule has 0 saturated heterocycles. The molecule has 0 radical (unpaired) electrons. The Kier molecular flexibility index (Phi) is 4.48. The van der Waals surface area contributed by atoms with Gasteiger partial charge in [-0.2, -0.15) is 0 Å². The largest absolute Gasteiger partial charge is 0.0933 e. The molecule has 16 heavy (non-hydrogen) atoms. The lowest BCUT2D eigenvalue weighted by Crippen LogP contribution is -2.11. The van der Waals surface area contributed by atoms with E-state index in [1.165, 1.54) is 31.2 Å². The maximum atomic E-state index is 5.62. The van der Waals surface area contributed by atoms with Gasteiger partial charge in [-0.3, -0.25) is 0 Å². The van der Waals surface area contributed by atoms with E-state index in [1.807, 2.05) is 0 Å². The maximum Gasteiger partial charge on any atom is 0.0175 e. The molecule has 1 saturated carbocycles. The summed E-state index contributed by atoms with van der Waals surface area (Å²) >= 11 is 9.10. The van der Waals surface area contributed by atoms with Crippen LogP contribution in [-0.2, 0) is 0 Å². The van der Waals surface area contributed by atoms with Gasteiger partial charge in [0.05, 0.1) is 0 Å². The molecule has 2 rings (SSSR count). The molecule has 1 aromatic rings. The number of hydrogen-bond donors (Lipinski definition) is 0. The quantitative estimate of drug-likeness (QED) is 0.679. The molecule has 0 unspecified atom stereocenters. The molecular weight excluding hydrogens is 284 g/mol. The summed E-state index contributed by atoms with van der Waals surface area (Å²) in [5, 5.41) is 0. The van der Waals surface area contributed by atoms with Gasteiger partial charge < -0.3 is 0 Å². The predicted octanol–water partition coefficient (Wildman–Crippen LogP) is 5.48. The molecule has 0 spiro atoms. The molecule has 0 amide bonds. The Bertz CT molecular complexity index is 348. The van der Waals surface area contributed by atoms with Gasteiger partial charge in [-0.05, 0) is 55.2 Å². The van der Waals surface area contributed by atoms with Gasteiger partial charge in [0.15, 0.2) is 0 Å². The molecular formula is C14H16BrCl. The lowest BCUT2D eigenvalue weighted by Gasteiger charge is -2.26. The van der Waals surface area contributed by atoms with Gasteiger partial charge in [0.1, 0.15) is 0 Å². The van der Waals surface area contributed by atoms with Crippen molar-refractivity contribution in [3.63, 3.8) is 0 Å². The Balaban J connectivity index is 1.96. The topological polar surface area (TPSA) is 0 Å². The van der Waals surface area contributed by atoms with Crippen molar-refractivity contribution in [3.8, 4) is 0 Å². The summed E-state index contributed by atoms with van der Waals surface area (Å²) in [6.07, 6.45) is 7.24. The Morgan fingerprint density at radius 2 is 1.69 bits per heavy atom. The van der Waals surface area contributed by atoms with E-state index in [9.17, 15) is 0 Å². The summed E-state index contributed by atoms with van der Waals surface area (Å²) in [6, 6.07) is 8.76. The maximum absolute atomic E-state index is 5.62. The van der Waals surface area contributed by atoms with Crippen LogP contribution in [0.25, 0.3) is 0 Å². The van der Waals surface area contributed by atoms with Gasteiger partial charge in [-0.15, -0.1) is 0 Å². The Hall–Kier alpha value is -0.270. The monoisotopic (exact) mass is 298 g/mol. The van der Waals surface area contributed by atoms with Crippen molar-refractivity contribution < 1.29 is 0 Å². The van der Waals surface area contributed by atoms with Crippen LogP contribution in [0, 0.1) is 5.92 Å². The lowest BCUT2D eigenvalue weighted by molar-refractivity contribution is 0.376. The van der Waals surface area contributed by atoms with E-state index in [2.05, 4.69) is 46.3 Å². The first-order valence-corrected chi connectivity index (χ1v) is 7.05. The van der Waals surface area contributed by atoms with Crippen LogP contribution in [0.4, 0.5) is 0 Å². The Morgan fingerprint density at radius 1 is 1.06 bits per heavy atom. The zero-order valence-corrected chi connectivity index (χ0v) is 11.5. The third-order valence-electron chi connectivity index (χ3n) is 3.46. The number of rotatable bonds is 2. The molecule has 1 fully saturated rings. The fourth-order valence-corrected chi connectivity index (χ4v) is 2.95. The molecule has 0 aromatic heterocycles. The first-order chi connectivity index (χ1) is 7.79. The van der Waals surface area contributed by atoms with Crippen molar-refractivity contribution in [2.75, 3.05) is 0 Å². The highest BCUT2D eigenvalue weighted by molar-refractivity contribution is 9.10. The first kappa shape index (κ1) is 12.2. The van der Waals surface area contributed by atoms with E-state index < -0.39 is 0 Å².